The predicted octanol–water partition coefficient (Wildman–Crippen LogP) is 1.32. The number of ether oxygens (including phenoxy) is 2. The molecule has 0 saturated carbocycles. The van der Waals surface area contributed by atoms with Gasteiger partial charge in [0.25, 0.3) is 5.91 Å². The number of rotatable bonds is 7. The molecule has 2 saturated heterocycles. The van der Waals surface area contributed by atoms with Crippen molar-refractivity contribution in [2.45, 2.75) is 43.8 Å². The summed E-state index contributed by atoms with van der Waals surface area (Å²) in [6, 6.07) is 4.56. The van der Waals surface area contributed by atoms with Crippen molar-refractivity contribution in [1.82, 2.24) is 14.5 Å². The van der Waals surface area contributed by atoms with Crippen molar-refractivity contribution < 1.29 is 22.7 Å². The monoisotopic (exact) mass is 425 g/mol. The minimum absolute atomic E-state index is 0.0466. The second-order valence-corrected chi connectivity index (χ2v) is 9.66. The quantitative estimate of drug-likeness (QED) is 0.709. The van der Waals surface area contributed by atoms with Crippen LogP contribution in [0.2, 0.25) is 0 Å². The van der Waals surface area contributed by atoms with Gasteiger partial charge in [0.1, 0.15) is 10.6 Å². The molecule has 3 rings (SSSR count). The molecule has 2 unspecified atom stereocenters. The molecule has 2 heterocycles. The van der Waals surface area contributed by atoms with Crippen LogP contribution < -0.4 is 10.1 Å². The molecular weight excluding hydrogens is 394 g/mol. The fourth-order valence-corrected chi connectivity index (χ4v) is 5.68. The van der Waals surface area contributed by atoms with Crippen molar-refractivity contribution in [3.05, 3.63) is 23.8 Å². The Labute approximate surface area is 173 Å². The van der Waals surface area contributed by atoms with E-state index in [1.807, 2.05) is 13.8 Å². The van der Waals surface area contributed by atoms with Gasteiger partial charge in [-0.2, -0.15) is 4.31 Å². The van der Waals surface area contributed by atoms with Crippen molar-refractivity contribution in [3.63, 3.8) is 0 Å². The van der Waals surface area contributed by atoms with Crippen LogP contribution in [0.3, 0.4) is 0 Å². The summed E-state index contributed by atoms with van der Waals surface area (Å²) in [5.41, 5.74) is 0.312. The van der Waals surface area contributed by atoms with E-state index in [9.17, 15) is 13.2 Å². The average Bonchev–Trinajstić information content (AvgIpc) is 3.22. The van der Waals surface area contributed by atoms with Crippen molar-refractivity contribution in [2.24, 2.45) is 0 Å². The SMILES string of the molecule is COc1ccc(C(=O)NCCN2CC(C)OC(C)C2)cc1S(=O)(=O)N1CCCC1. The lowest BCUT2D eigenvalue weighted by Crippen LogP contribution is -2.47. The highest BCUT2D eigenvalue weighted by atomic mass is 32.2. The van der Waals surface area contributed by atoms with Gasteiger partial charge < -0.3 is 14.8 Å². The Morgan fingerprint density at radius 3 is 2.48 bits per heavy atom. The number of nitrogens with zero attached hydrogens (tertiary/aromatic N) is 2. The Kier molecular flexibility index (Phi) is 7.15. The smallest absolute Gasteiger partial charge is 0.251 e. The average molecular weight is 426 g/mol. The minimum atomic E-state index is -3.68. The van der Waals surface area contributed by atoms with Gasteiger partial charge in [0.05, 0.1) is 19.3 Å². The van der Waals surface area contributed by atoms with E-state index < -0.39 is 10.0 Å². The number of nitrogens with one attached hydrogen (secondary N) is 1. The topological polar surface area (TPSA) is 88.2 Å². The molecular formula is C20H31N3O5S. The Balaban J connectivity index is 1.66. The fraction of sp³-hybridized carbons (Fsp3) is 0.650. The Morgan fingerprint density at radius 2 is 1.86 bits per heavy atom. The molecule has 0 bridgehead atoms. The van der Waals surface area contributed by atoms with Gasteiger partial charge in [0.15, 0.2) is 0 Å². The maximum absolute atomic E-state index is 13.0. The molecule has 0 aliphatic carbocycles. The van der Waals surface area contributed by atoms with E-state index in [2.05, 4.69) is 10.2 Å². The number of benzene rings is 1. The van der Waals surface area contributed by atoms with E-state index in [4.69, 9.17) is 9.47 Å². The summed E-state index contributed by atoms with van der Waals surface area (Å²) in [6.07, 6.45) is 2.05. The number of sulfonamides is 1. The molecule has 1 amide bonds. The Hall–Kier alpha value is -1.68. The van der Waals surface area contributed by atoms with E-state index in [1.165, 1.54) is 17.5 Å². The first-order valence-corrected chi connectivity index (χ1v) is 11.6. The van der Waals surface area contributed by atoms with Crippen LogP contribution >= 0.6 is 0 Å². The number of hydrogen-bond acceptors (Lipinski definition) is 6. The molecule has 2 atom stereocenters. The van der Waals surface area contributed by atoms with Gasteiger partial charge >= 0.3 is 0 Å². The van der Waals surface area contributed by atoms with E-state index >= 15 is 0 Å². The molecule has 1 aromatic carbocycles. The zero-order valence-corrected chi connectivity index (χ0v) is 18.2. The van der Waals surface area contributed by atoms with Crippen LogP contribution in [0.15, 0.2) is 23.1 Å². The number of hydrogen-bond donors (Lipinski definition) is 1. The molecule has 2 fully saturated rings. The van der Waals surface area contributed by atoms with Gasteiger partial charge in [-0.3, -0.25) is 9.69 Å². The zero-order valence-electron chi connectivity index (χ0n) is 17.4. The predicted molar refractivity (Wildman–Crippen MR) is 110 cm³/mol. The molecule has 29 heavy (non-hydrogen) atoms. The first-order chi connectivity index (χ1) is 13.8. The second-order valence-electron chi connectivity index (χ2n) is 7.75. The van der Waals surface area contributed by atoms with Gasteiger partial charge in [0.2, 0.25) is 10.0 Å². The van der Waals surface area contributed by atoms with Crippen LogP contribution in [0.25, 0.3) is 0 Å². The van der Waals surface area contributed by atoms with Crippen LogP contribution in [-0.4, -0.2) is 82.1 Å². The van der Waals surface area contributed by atoms with E-state index in [0.717, 1.165) is 32.5 Å². The molecule has 1 N–H and O–H groups in total. The summed E-state index contributed by atoms with van der Waals surface area (Å²) in [6.45, 7) is 7.96. The van der Waals surface area contributed by atoms with Crippen LogP contribution in [0, 0.1) is 0 Å². The first-order valence-electron chi connectivity index (χ1n) is 10.2. The summed E-state index contributed by atoms with van der Waals surface area (Å²) >= 11 is 0. The lowest BCUT2D eigenvalue weighted by Gasteiger charge is -2.35. The van der Waals surface area contributed by atoms with Crippen LogP contribution in [0.1, 0.15) is 37.0 Å². The molecule has 0 spiro atoms. The summed E-state index contributed by atoms with van der Waals surface area (Å²) in [5.74, 6) is -0.0374. The van der Waals surface area contributed by atoms with Crippen molar-refractivity contribution in [1.29, 1.82) is 0 Å². The van der Waals surface area contributed by atoms with Gasteiger partial charge in [-0.25, -0.2) is 8.42 Å². The van der Waals surface area contributed by atoms with Crippen LogP contribution in [0.5, 0.6) is 5.75 Å². The molecule has 2 aliphatic rings. The molecule has 0 aromatic heterocycles. The molecule has 2 aliphatic heterocycles. The van der Waals surface area contributed by atoms with Gasteiger partial charge in [-0.05, 0) is 44.9 Å². The van der Waals surface area contributed by atoms with Crippen LogP contribution in [-0.2, 0) is 14.8 Å². The Bertz CT molecular complexity index is 813. The van der Waals surface area contributed by atoms with Gasteiger partial charge in [-0.1, -0.05) is 0 Å². The molecule has 8 nitrogen and oxygen atoms in total. The Morgan fingerprint density at radius 1 is 1.21 bits per heavy atom. The van der Waals surface area contributed by atoms with E-state index in [0.29, 0.717) is 25.2 Å². The highest BCUT2D eigenvalue weighted by molar-refractivity contribution is 7.89. The van der Waals surface area contributed by atoms with E-state index in [1.54, 1.807) is 12.1 Å². The van der Waals surface area contributed by atoms with Crippen molar-refractivity contribution >= 4 is 15.9 Å². The molecule has 162 valence electrons. The standard InChI is InChI=1S/C20H31N3O5S/c1-15-13-22(14-16(2)28-15)11-8-21-20(24)17-6-7-18(27-3)19(12-17)29(25,26)23-9-4-5-10-23/h6-7,12,15-16H,4-5,8-11,13-14H2,1-3H3,(H,21,24). The number of morpholine rings is 1. The lowest BCUT2D eigenvalue weighted by molar-refractivity contribution is -0.0672. The van der Waals surface area contributed by atoms with E-state index in [-0.39, 0.29) is 28.8 Å². The largest absolute Gasteiger partial charge is 0.495 e. The number of carbonyl (C=O) groups is 1. The fourth-order valence-electron chi connectivity index (χ4n) is 3.98. The highest BCUT2D eigenvalue weighted by Crippen LogP contribution is 2.29. The molecule has 0 radical (unpaired) electrons. The molecule has 1 aromatic rings. The van der Waals surface area contributed by atoms with Crippen molar-refractivity contribution in [2.75, 3.05) is 46.4 Å². The van der Waals surface area contributed by atoms with Gasteiger partial charge in [-0.15, -0.1) is 0 Å². The third-order valence-electron chi connectivity index (χ3n) is 5.32. The highest BCUT2D eigenvalue weighted by Gasteiger charge is 2.30. The summed E-state index contributed by atoms with van der Waals surface area (Å²) in [7, 11) is -2.25. The number of carbonyl (C=O) groups excluding carboxylic acids is 1. The third kappa shape index (κ3) is 5.28. The second kappa shape index (κ2) is 9.42. The lowest BCUT2D eigenvalue weighted by atomic mass is 10.2. The molecule has 9 heteroatoms. The first kappa shape index (κ1) is 22.0. The summed E-state index contributed by atoms with van der Waals surface area (Å²) in [5, 5.41) is 2.89. The zero-order chi connectivity index (χ0) is 21.0. The van der Waals surface area contributed by atoms with Gasteiger partial charge in [0, 0.05) is 44.8 Å². The summed E-state index contributed by atoms with van der Waals surface area (Å²) in [4.78, 5) is 14.9. The van der Waals surface area contributed by atoms with Crippen LogP contribution in [0.4, 0.5) is 0 Å². The maximum atomic E-state index is 13.0. The minimum Gasteiger partial charge on any atom is -0.495 e. The third-order valence-corrected chi connectivity index (χ3v) is 7.24. The van der Waals surface area contributed by atoms with Crippen molar-refractivity contribution in [3.8, 4) is 5.75 Å². The normalized spacial score (nSPS) is 23.8. The number of methoxy groups -OCH3 is 1. The number of amides is 1. The maximum Gasteiger partial charge on any atom is 0.251 e. The summed E-state index contributed by atoms with van der Waals surface area (Å²) < 4.78 is 38.4.